The maximum atomic E-state index is 11.5. The molecule has 19 heavy (non-hydrogen) atoms. The first-order chi connectivity index (χ1) is 8.79. The average Bonchev–Trinajstić information content (AvgIpc) is 2.33. The largest absolute Gasteiger partial charge is 0.314 e. The average molecular weight is 291 g/mol. The lowest BCUT2D eigenvalue weighted by molar-refractivity contribution is 0.253. The van der Waals surface area contributed by atoms with Crippen LogP contribution in [0.2, 0.25) is 0 Å². The Labute approximate surface area is 118 Å². The van der Waals surface area contributed by atoms with E-state index >= 15 is 0 Å². The molecule has 1 aliphatic heterocycles. The van der Waals surface area contributed by atoms with Crippen molar-refractivity contribution in [2.24, 2.45) is 5.92 Å². The lowest BCUT2D eigenvalue weighted by Crippen LogP contribution is -2.43. The number of sulfonamides is 1. The first-order valence-electron chi connectivity index (χ1n) is 7.12. The van der Waals surface area contributed by atoms with Gasteiger partial charge in [-0.3, -0.25) is 0 Å². The predicted molar refractivity (Wildman–Crippen MR) is 79.8 cm³/mol. The Balaban J connectivity index is 2.29. The van der Waals surface area contributed by atoms with E-state index in [1.165, 1.54) is 6.26 Å². The third-order valence-corrected chi connectivity index (χ3v) is 4.98. The Hall–Kier alpha value is -0.170. The van der Waals surface area contributed by atoms with E-state index in [2.05, 4.69) is 31.2 Å². The van der Waals surface area contributed by atoms with Gasteiger partial charge in [0, 0.05) is 19.1 Å². The van der Waals surface area contributed by atoms with Crippen molar-refractivity contribution in [3.05, 3.63) is 0 Å². The van der Waals surface area contributed by atoms with E-state index in [9.17, 15) is 8.42 Å². The van der Waals surface area contributed by atoms with Gasteiger partial charge in [-0.25, -0.2) is 12.7 Å². The topological polar surface area (TPSA) is 52.6 Å². The molecule has 5 nitrogen and oxygen atoms in total. The van der Waals surface area contributed by atoms with Crippen LogP contribution in [0.25, 0.3) is 0 Å². The zero-order valence-corrected chi connectivity index (χ0v) is 13.5. The highest BCUT2D eigenvalue weighted by Gasteiger charge is 2.25. The van der Waals surface area contributed by atoms with Gasteiger partial charge in [0.15, 0.2) is 0 Å². The molecule has 0 radical (unpaired) electrons. The zero-order valence-electron chi connectivity index (χ0n) is 12.7. The van der Waals surface area contributed by atoms with Crippen molar-refractivity contribution in [1.29, 1.82) is 0 Å². The highest BCUT2D eigenvalue weighted by molar-refractivity contribution is 7.88. The van der Waals surface area contributed by atoms with Crippen molar-refractivity contribution in [3.8, 4) is 0 Å². The van der Waals surface area contributed by atoms with Crippen LogP contribution in [0.15, 0.2) is 0 Å². The van der Waals surface area contributed by atoms with Gasteiger partial charge in [0.2, 0.25) is 10.0 Å². The number of rotatable bonds is 7. The molecule has 0 spiro atoms. The van der Waals surface area contributed by atoms with E-state index in [1.54, 1.807) is 4.31 Å². The fourth-order valence-corrected chi connectivity index (χ4v) is 3.36. The standard InChI is InChI=1S/C13H29N3O2S/c1-12(7-9-15(2)3)14-10-13-6-5-8-16(11-13)19(4,17)18/h12-14H,5-11H2,1-4H3. The second kappa shape index (κ2) is 7.57. The van der Waals surface area contributed by atoms with E-state index in [4.69, 9.17) is 0 Å². The Kier molecular flexibility index (Phi) is 6.73. The van der Waals surface area contributed by atoms with E-state index in [-0.39, 0.29) is 0 Å². The highest BCUT2D eigenvalue weighted by atomic mass is 32.2. The van der Waals surface area contributed by atoms with Crippen LogP contribution in [0.4, 0.5) is 0 Å². The molecule has 1 fully saturated rings. The minimum atomic E-state index is -3.02. The molecule has 114 valence electrons. The highest BCUT2D eigenvalue weighted by Crippen LogP contribution is 2.18. The van der Waals surface area contributed by atoms with Crippen molar-refractivity contribution >= 4 is 10.0 Å². The number of hydrogen-bond acceptors (Lipinski definition) is 4. The third kappa shape index (κ3) is 6.70. The normalized spacial score (nSPS) is 23.7. The smallest absolute Gasteiger partial charge is 0.211 e. The number of nitrogens with one attached hydrogen (secondary N) is 1. The molecule has 2 atom stereocenters. The fraction of sp³-hybridized carbons (Fsp3) is 1.00. The van der Waals surface area contributed by atoms with Gasteiger partial charge in [-0.15, -0.1) is 0 Å². The first kappa shape index (κ1) is 16.9. The molecule has 0 saturated carbocycles. The van der Waals surface area contributed by atoms with Gasteiger partial charge >= 0.3 is 0 Å². The molecule has 0 aliphatic carbocycles. The van der Waals surface area contributed by atoms with E-state index < -0.39 is 10.0 Å². The minimum absolute atomic E-state index is 0.449. The van der Waals surface area contributed by atoms with Gasteiger partial charge in [-0.2, -0.15) is 0 Å². The molecular weight excluding hydrogens is 262 g/mol. The molecule has 1 rings (SSSR count). The van der Waals surface area contributed by atoms with Crippen LogP contribution in [0.3, 0.4) is 0 Å². The molecular formula is C13H29N3O2S. The SMILES string of the molecule is CC(CCN(C)C)NCC1CCCN(S(C)(=O)=O)C1. The maximum absolute atomic E-state index is 11.5. The van der Waals surface area contributed by atoms with Crippen LogP contribution in [0, 0.1) is 5.92 Å². The van der Waals surface area contributed by atoms with Crippen LogP contribution >= 0.6 is 0 Å². The van der Waals surface area contributed by atoms with Crippen LogP contribution in [-0.4, -0.2) is 70.2 Å². The third-order valence-electron chi connectivity index (χ3n) is 3.72. The van der Waals surface area contributed by atoms with Gasteiger partial charge in [-0.1, -0.05) is 0 Å². The van der Waals surface area contributed by atoms with Crippen LogP contribution in [0.1, 0.15) is 26.2 Å². The molecule has 1 aliphatic rings. The van der Waals surface area contributed by atoms with Gasteiger partial charge in [0.25, 0.3) is 0 Å². The van der Waals surface area contributed by atoms with Crippen LogP contribution < -0.4 is 5.32 Å². The molecule has 0 aromatic carbocycles. The maximum Gasteiger partial charge on any atom is 0.211 e. The van der Waals surface area contributed by atoms with Crippen molar-refractivity contribution < 1.29 is 8.42 Å². The summed E-state index contributed by atoms with van der Waals surface area (Å²) in [7, 11) is 1.14. The first-order valence-corrected chi connectivity index (χ1v) is 8.97. The quantitative estimate of drug-likeness (QED) is 0.746. The van der Waals surface area contributed by atoms with Gasteiger partial charge < -0.3 is 10.2 Å². The summed E-state index contributed by atoms with van der Waals surface area (Å²) in [6.07, 6.45) is 4.53. The lowest BCUT2D eigenvalue weighted by atomic mass is 9.99. The Morgan fingerprint density at radius 3 is 2.68 bits per heavy atom. The van der Waals surface area contributed by atoms with Gasteiger partial charge in [0.1, 0.15) is 0 Å². The zero-order chi connectivity index (χ0) is 14.5. The summed E-state index contributed by atoms with van der Waals surface area (Å²) in [5.74, 6) is 0.449. The molecule has 1 saturated heterocycles. The monoisotopic (exact) mass is 291 g/mol. The summed E-state index contributed by atoms with van der Waals surface area (Å²) in [6, 6.07) is 0.482. The Bertz CT molecular complexity index is 357. The molecule has 0 amide bonds. The molecule has 2 unspecified atom stereocenters. The second-order valence-corrected chi connectivity index (χ2v) is 8.01. The molecule has 0 aromatic rings. The summed E-state index contributed by atoms with van der Waals surface area (Å²) in [5.41, 5.74) is 0. The summed E-state index contributed by atoms with van der Waals surface area (Å²) in [5, 5.41) is 3.53. The summed E-state index contributed by atoms with van der Waals surface area (Å²) in [6.45, 7) is 5.55. The van der Waals surface area contributed by atoms with E-state index in [1.807, 2.05) is 0 Å². The molecule has 0 bridgehead atoms. The number of piperidine rings is 1. The van der Waals surface area contributed by atoms with Crippen LogP contribution in [-0.2, 0) is 10.0 Å². The van der Waals surface area contributed by atoms with Gasteiger partial charge in [-0.05, 0) is 59.3 Å². The fourth-order valence-electron chi connectivity index (χ4n) is 2.42. The second-order valence-electron chi connectivity index (χ2n) is 6.03. The molecule has 1 N–H and O–H groups in total. The molecule has 1 heterocycles. The summed E-state index contributed by atoms with van der Waals surface area (Å²) in [4.78, 5) is 2.18. The number of nitrogens with zero attached hydrogens (tertiary/aromatic N) is 2. The van der Waals surface area contributed by atoms with Gasteiger partial charge in [0.05, 0.1) is 6.26 Å². The van der Waals surface area contributed by atoms with Crippen LogP contribution in [0.5, 0.6) is 0 Å². The summed E-state index contributed by atoms with van der Waals surface area (Å²) < 4.78 is 24.7. The Morgan fingerprint density at radius 2 is 2.11 bits per heavy atom. The predicted octanol–water partition coefficient (Wildman–Crippen LogP) is 0.588. The van der Waals surface area contributed by atoms with Crippen molar-refractivity contribution in [1.82, 2.24) is 14.5 Å². The molecule has 6 heteroatoms. The summed E-state index contributed by atoms with van der Waals surface area (Å²) >= 11 is 0. The van der Waals surface area contributed by atoms with Crippen molar-refractivity contribution in [3.63, 3.8) is 0 Å². The van der Waals surface area contributed by atoms with E-state index in [0.717, 1.165) is 32.4 Å². The Morgan fingerprint density at radius 1 is 1.42 bits per heavy atom. The van der Waals surface area contributed by atoms with Crippen molar-refractivity contribution in [2.45, 2.75) is 32.2 Å². The molecule has 0 aromatic heterocycles. The minimum Gasteiger partial charge on any atom is -0.314 e. The lowest BCUT2D eigenvalue weighted by Gasteiger charge is -2.31. The van der Waals surface area contributed by atoms with E-state index in [0.29, 0.717) is 25.0 Å². The number of hydrogen-bond donors (Lipinski definition) is 1. The van der Waals surface area contributed by atoms with Crippen molar-refractivity contribution in [2.75, 3.05) is 46.5 Å².